The van der Waals surface area contributed by atoms with Crippen LogP contribution < -0.4 is 10.9 Å². The summed E-state index contributed by atoms with van der Waals surface area (Å²) in [6.07, 6.45) is 5.67. The predicted molar refractivity (Wildman–Crippen MR) is 94.3 cm³/mol. The Bertz CT molecular complexity index is 778. The monoisotopic (exact) mass is 310 g/mol. The van der Waals surface area contributed by atoms with Gasteiger partial charge in [0, 0.05) is 30.4 Å². The number of benzene rings is 1. The van der Waals surface area contributed by atoms with Crippen LogP contribution in [0.5, 0.6) is 0 Å². The van der Waals surface area contributed by atoms with Crippen molar-refractivity contribution in [1.29, 1.82) is 0 Å². The molecule has 0 aliphatic carbocycles. The maximum Gasteiger partial charge on any atom is 0.251 e. The summed E-state index contributed by atoms with van der Waals surface area (Å²) in [6, 6.07) is 10.7. The third-order valence-corrected chi connectivity index (χ3v) is 3.24. The van der Waals surface area contributed by atoms with E-state index < -0.39 is 0 Å². The smallest absolute Gasteiger partial charge is 0.251 e. The van der Waals surface area contributed by atoms with E-state index >= 15 is 0 Å². The lowest BCUT2D eigenvalue weighted by Gasteiger charge is -2.20. The van der Waals surface area contributed by atoms with Crippen LogP contribution in [0.3, 0.4) is 0 Å². The summed E-state index contributed by atoms with van der Waals surface area (Å²) < 4.78 is 1.54. The summed E-state index contributed by atoms with van der Waals surface area (Å²) >= 11 is 0. The Morgan fingerprint density at radius 1 is 1.00 bits per heavy atom. The number of rotatable bonds is 3. The first-order valence-corrected chi connectivity index (χ1v) is 7.52. The molecule has 1 heterocycles. The largest absolute Gasteiger partial charge is 0.347 e. The fraction of sp³-hybridized carbons (Fsp3) is 0.263. The Balaban J connectivity index is 2.10. The Morgan fingerprint density at radius 3 is 2.13 bits per heavy atom. The molecule has 0 atom stereocenters. The van der Waals surface area contributed by atoms with E-state index in [9.17, 15) is 9.59 Å². The molecule has 2 aromatic rings. The lowest BCUT2D eigenvalue weighted by molar-refractivity contribution is 0.0919. The molecule has 4 nitrogen and oxygen atoms in total. The van der Waals surface area contributed by atoms with Crippen LogP contribution >= 0.6 is 0 Å². The molecular formula is C19H22N2O2. The maximum absolute atomic E-state index is 12.1. The van der Waals surface area contributed by atoms with E-state index in [1.54, 1.807) is 29.9 Å². The quantitative estimate of drug-likeness (QED) is 0.947. The highest BCUT2D eigenvalue weighted by atomic mass is 16.1. The zero-order valence-electron chi connectivity index (χ0n) is 14.0. The second kappa shape index (κ2) is 6.65. The minimum atomic E-state index is -0.251. The molecule has 0 unspecified atom stereocenters. The van der Waals surface area contributed by atoms with Gasteiger partial charge in [-0.2, -0.15) is 0 Å². The third-order valence-electron chi connectivity index (χ3n) is 3.24. The molecule has 1 amide bonds. The Kier molecular flexibility index (Phi) is 4.84. The first-order chi connectivity index (χ1) is 10.7. The van der Waals surface area contributed by atoms with Gasteiger partial charge in [-0.15, -0.1) is 0 Å². The maximum atomic E-state index is 12.1. The summed E-state index contributed by atoms with van der Waals surface area (Å²) in [5, 5.41) is 2.93. The van der Waals surface area contributed by atoms with Crippen molar-refractivity contribution in [2.75, 3.05) is 0 Å². The zero-order chi connectivity index (χ0) is 17.0. The highest BCUT2D eigenvalue weighted by Crippen LogP contribution is 2.10. The van der Waals surface area contributed by atoms with E-state index in [1.807, 2.05) is 57.2 Å². The molecule has 0 aliphatic heterocycles. The number of nitrogens with one attached hydrogen (secondary N) is 1. The van der Waals surface area contributed by atoms with E-state index in [4.69, 9.17) is 0 Å². The number of aromatic nitrogens is 1. The lowest BCUT2D eigenvalue weighted by Crippen LogP contribution is -2.40. The number of carbonyl (C=O) groups excluding carboxylic acids is 1. The molecule has 2 rings (SSSR count). The Labute approximate surface area is 136 Å². The number of pyridine rings is 1. The summed E-state index contributed by atoms with van der Waals surface area (Å²) in [5.41, 5.74) is 2.29. The second-order valence-corrected chi connectivity index (χ2v) is 6.57. The van der Waals surface area contributed by atoms with E-state index in [1.165, 1.54) is 0 Å². The minimum absolute atomic E-state index is 0.0311. The van der Waals surface area contributed by atoms with Crippen molar-refractivity contribution < 1.29 is 4.79 Å². The number of hydrogen-bond donors (Lipinski definition) is 1. The number of hydrogen-bond acceptors (Lipinski definition) is 2. The summed E-state index contributed by atoms with van der Waals surface area (Å²) in [7, 11) is 1.72. The minimum Gasteiger partial charge on any atom is -0.347 e. The van der Waals surface area contributed by atoms with Gasteiger partial charge in [-0.3, -0.25) is 9.59 Å². The van der Waals surface area contributed by atoms with Gasteiger partial charge in [0.05, 0.1) is 0 Å². The molecule has 0 saturated carbocycles. The van der Waals surface area contributed by atoms with Gasteiger partial charge in [-0.05, 0) is 50.1 Å². The number of amides is 1. The molecule has 0 radical (unpaired) electrons. The van der Waals surface area contributed by atoms with E-state index in [0.717, 1.165) is 11.1 Å². The first-order valence-electron chi connectivity index (χ1n) is 7.52. The van der Waals surface area contributed by atoms with Crippen molar-refractivity contribution in [2.24, 2.45) is 7.05 Å². The Morgan fingerprint density at radius 2 is 1.57 bits per heavy atom. The van der Waals surface area contributed by atoms with Crippen LogP contribution in [0.4, 0.5) is 0 Å². The normalized spacial score (nSPS) is 11.7. The van der Waals surface area contributed by atoms with Gasteiger partial charge in [0.1, 0.15) is 0 Å². The average molecular weight is 310 g/mol. The van der Waals surface area contributed by atoms with Crippen LogP contribution in [0.25, 0.3) is 12.2 Å². The molecule has 1 aromatic heterocycles. The van der Waals surface area contributed by atoms with Crippen LogP contribution in [0, 0.1) is 0 Å². The van der Waals surface area contributed by atoms with Crippen molar-refractivity contribution in [3.63, 3.8) is 0 Å². The summed E-state index contributed by atoms with van der Waals surface area (Å²) in [4.78, 5) is 23.4. The van der Waals surface area contributed by atoms with Gasteiger partial charge in [-0.25, -0.2) is 0 Å². The van der Waals surface area contributed by atoms with E-state index in [0.29, 0.717) is 5.56 Å². The van der Waals surface area contributed by atoms with Crippen LogP contribution in [-0.2, 0) is 7.05 Å². The van der Waals surface area contributed by atoms with Crippen molar-refractivity contribution in [3.05, 3.63) is 69.6 Å². The highest BCUT2D eigenvalue weighted by Gasteiger charge is 2.14. The molecule has 0 bridgehead atoms. The van der Waals surface area contributed by atoms with Crippen LogP contribution in [0.1, 0.15) is 42.3 Å². The lowest BCUT2D eigenvalue weighted by atomic mass is 10.1. The second-order valence-electron chi connectivity index (χ2n) is 6.57. The zero-order valence-corrected chi connectivity index (χ0v) is 14.0. The summed E-state index contributed by atoms with van der Waals surface area (Å²) in [5.74, 6) is -0.0777. The molecule has 4 heteroatoms. The van der Waals surface area contributed by atoms with Crippen molar-refractivity contribution in [1.82, 2.24) is 9.88 Å². The molecule has 0 spiro atoms. The van der Waals surface area contributed by atoms with Crippen LogP contribution in [0.15, 0.2) is 47.4 Å². The van der Waals surface area contributed by atoms with Gasteiger partial charge in [0.15, 0.2) is 0 Å². The van der Waals surface area contributed by atoms with Gasteiger partial charge in [-0.1, -0.05) is 24.3 Å². The molecule has 1 N–H and O–H groups in total. The van der Waals surface area contributed by atoms with Crippen molar-refractivity contribution >= 4 is 18.1 Å². The standard InChI is InChI=1S/C19H22N2O2/c1-19(2,3)20-18(23)16-10-7-14(8-11-16)5-6-15-9-12-17(22)21(4)13-15/h5-13H,1-4H3,(H,20,23)/b6-5-. The van der Waals surface area contributed by atoms with Gasteiger partial charge < -0.3 is 9.88 Å². The molecule has 0 saturated heterocycles. The fourth-order valence-corrected chi connectivity index (χ4v) is 2.06. The van der Waals surface area contributed by atoms with Gasteiger partial charge in [0.25, 0.3) is 5.91 Å². The van der Waals surface area contributed by atoms with E-state index in [2.05, 4.69) is 5.32 Å². The molecular weight excluding hydrogens is 288 g/mol. The summed E-state index contributed by atoms with van der Waals surface area (Å²) in [6.45, 7) is 5.86. The topological polar surface area (TPSA) is 51.1 Å². The molecule has 1 aromatic carbocycles. The molecule has 0 aliphatic rings. The first kappa shape index (κ1) is 16.7. The van der Waals surface area contributed by atoms with Gasteiger partial charge in [0.2, 0.25) is 5.56 Å². The third kappa shape index (κ3) is 4.95. The molecule has 120 valence electrons. The van der Waals surface area contributed by atoms with Crippen molar-refractivity contribution in [2.45, 2.75) is 26.3 Å². The number of aryl methyl sites for hydroxylation is 1. The highest BCUT2D eigenvalue weighted by molar-refractivity contribution is 5.94. The van der Waals surface area contributed by atoms with Crippen molar-refractivity contribution in [3.8, 4) is 0 Å². The Hall–Kier alpha value is -2.62. The predicted octanol–water partition coefficient (Wildman–Crippen LogP) is 3.08. The number of nitrogens with zero attached hydrogens (tertiary/aromatic N) is 1. The molecule has 23 heavy (non-hydrogen) atoms. The van der Waals surface area contributed by atoms with Crippen LogP contribution in [0.2, 0.25) is 0 Å². The van der Waals surface area contributed by atoms with Crippen LogP contribution in [-0.4, -0.2) is 16.0 Å². The molecule has 0 fully saturated rings. The van der Waals surface area contributed by atoms with Gasteiger partial charge >= 0.3 is 0 Å². The SMILES string of the molecule is Cn1cc(/C=C\c2ccc(C(=O)NC(C)(C)C)cc2)ccc1=O. The fourth-order valence-electron chi connectivity index (χ4n) is 2.06. The number of carbonyl (C=O) groups is 1. The average Bonchev–Trinajstić information content (AvgIpc) is 2.47. The van der Waals surface area contributed by atoms with E-state index in [-0.39, 0.29) is 17.0 Å².